The van der Waals surface area contributed by atoms with Crippen molar-refractivity contribution in [2.45, 2.75) is 18.0 Å². The van der Waals surface area contributed by atoms with E-state index >= 15 is 0 Å². The van der Waals surface area contributed by atoms with E-state index in [-0.39, 0.29) is 11.6 Å². The van der Waals surface area contributed by atoms with Crippen LogP contribution in [0.5, 0.6) is 0 Å². The van der Waals surface area contributed by atoms with Crippen LogP contribution in [0.4, 0.5) is 0 Å². The van der Waals surface area contributed by atoms with Crippen LogP contribution in [-0.2, 0) is 16.6 Å². The summed E-state index contributed by atoms with van der Waals surface area (Å²) in [7, 11) is -1.49. The molecule has 2 rings (SSSR count). The van der Waals surface area contributed by atoms with Crippen molar-refractivity contribution in [2.75, 3.05) is 26.7 Å². The summed E-state index contributed by atoms with van der Waals surface area (Å²) in [5.74, 6) is 0.369. The first kappa shape index (κ1) is 13.5. The lowest BCUT2D eigenvalue weighted by atomic mass is 10.1. The average Bonchev–Trinajstić information content (AvgIpc) is 2.95. The van der Waals surface area contributed by atoms with Crippen molar-refractivity contribution in [1.29, 1.82) is 0 Å². The molecule has 0 amide bonds. The molecule has 1 saturated heterocycles. The summed E-state index contributed by atoms with van der Waals surface area (Å²) in [6.07, 6.45) is 2.46. The molecule has 0 spiro atoms. The number of likely N-dealkylation sites (tertiary alicyclic amines) is 1. The summed E-state index contributed by atoms with van der Waals surface area (Å²) in [5, 5.41) is 6.29. The van der Waals surface area contributed by atoms with Gasteiger partial charge in [-0.1, -0.05) is 0 Å². The molecule has 0 aliphatic carbocycles. The molecule has 1 aromatic heterocycles. The maximum atomic E-state index is 12.1. The van der Waals surface area contributed by atoms with Gasteiger partial charge in [-0.2, -0.15) is 5.10 Å². The van der Waals surface area contributed by atoms with Crippen molar-refractivity contribution in [3.63, 3.8) is 0 Å². The van der Waals surface area contributed by atoms with Crippen LogP contribution >= 0.6 is 0 Å². The maximum absolute atomic E-state index is 12.1. The molecule has 7 nitrogen and oxygen atoms in total. The molecule has 1 atom stereocenters. The number of rotatable bonds is 5. The van der Waals surface area contributed by atoms with Gasteiger partial charge in [0.25, 0.3) is 10.0 Å². The molecular formula is C10H19N5O2S. The lowest BCUT2D eigenvalue weighted by Gasteiger charge is -2.11. The highest BCUT2D eigenvalue weighted by Gasteiger charge is 2.24. The number of aromatic amines is 1. The van der Waals surface area contributed by atoms with E-state index in [4.69, 9.17) is 5.73 Å². The highest BCUT2D eigenvalue weighted by atomic mass is 32.2. The molecule has 8 heteroatoms. The Morgan fingerprint density at radius 3 is 3.06 bits per heavy atom. The highest BCUT2D eigenvalue weighted by Crippen LogP contribution is 2.15. The fraction of sp³-hybridized carbons (Fsp3) is 0.700. The Morgan fingerprint density at radius 1 is 1.67 bits per heavy atom. The summed E-state index contributed by atoms with van der Waals surface area (Å²) >= 11 is 0. The van der Waals surface area contributed by atoms with Gasteiger partial charge in [-0.05, 0) is 25.9 Å². The fourth-order valence-corrected chi connectivity index (χ4v) is 3.42. The molecule has 1 aliphatic heterocycles. The van der Waals surface area contributed by atoms with Gasteiger partial charge >= 0.3 is 0 Å². The lowest BCUT2D eigenvalue weighted by Crippen LogP contribution is -2.31. The zero-order valence-corrected chi connectivity index (χ0v) is 11.2. The van der Waals surface area contributed by atoms with Gasteiger partial charge in [0, 0.05) is 25.2 Å². The van der Waals surface area contributed by atoms with E-state index < -0.39 is 10.0 Å². The van der Waals surface area contributed by atoms with Crippen molar-refractivity contribution >= 4 is 10.0 Å². The van der Waals surface area contributed by atoms with Crippen LogP contribution in [0, 0.1) is 5.92 Å². The van der Waals surface area contributed by atoms with Gasteiger partial charge in [-0.15, -0.1) is 0 Å². The topological polar surface area (TPSA) is 104 Å². The number of sulfonamides is 1. The van der Waals surface area contributed by atoms with Gasteiger partial charge in [0.05, 0.1) is 6.20 Å². The lowest BCUT2D eigenvalue weighted by molar-refractivity contribution is 0.394. The minimum Gasteiger partial charge on any atom is -0.326 e. The number of H-pyrrole nitrogens is 1. The minimum absolute atomic E-state index is 0.0800. The van der Waals surface area contributed by atoms with E-state index in [1.807, 2.05) is 7.05 Å². The summed E-state index contributed by atoms with van der Waals surface area (Å²) in [4.78, 5) is 2.19. The van der Waals surface area contributed by atoms with Crippen molar-refractivity contribution < 1.29 is 8.42 Å². The van der Waals surface area contributed by atoms with Crippen molar-refractivity contribution in [3.8, 4) is 0 Å². The van der Waals surface area contributed by atoms with Crippen LogP contribution in [-0.4, -0.2) is 50.2 Å². The maximum Gasteiger partial charge on any atom is 0.257 e. The summed E-state index contributed by atoms with van der Waals surface area (Å²) in [6.45, 7) is 2.55. The van der Waals surface area contributed by atoms with E-state index in [0.29, 0.717) is 18.0 Å². The number of hydrogen-bond donors (Lipinski definition) is 3. The standard InChI is InChI=1S/C10H19N5O2S/c1-15-3-2-8(7-15)5-13-18(16,17)10-9(4-11)6-12-14-10/h6,8,13H,2-5,7,11H2,1H3,(H,12,14). The fourth-order valence-electron chi connectivity index (χ4n) is 2.17. The molecular weight excluding hydrogens is 254 g/mol. The molecule has 1 fully saturated rings. The molecule has 2 heterocycles. The van der Waals surface area contributed by atoms with Gasteiger partial charge in [0.15, 0.2) is 5.03 Å². The van der Waals surface area contributed by atoms with Crippen molar-refractivity contribution in [2.24, 2.45) is 11.7 Å². The van der Waals surface area contributed by atoms with E-state index in [0.717, 1.165) is 19.5 Å². The Hall–Kier alpha value is -0.960. The summed E-state index contributed by atoms with van der Waals surface area (Å²) in [6, 6.07) is 0. The third-order valence-corrected chi connectivity index (χ3v) is 4.66. The number of nitrogens with zero attached hydrogens (tertiary/aromatic N) is 2. The van der Waals surface area contributed by atoms with Crippen molar-refractivity contribution in [3.05, 3.63) is 11.8 Å². The van der Waals surface area contributed by atoms with Crippen LogP contribution in [0.25, 0.3) is 0 Å². The Balaban J connectivity index is 1.99. The normalized spacial score (nSPS) is 21.6. The van der Waals surface area contributed by atoms with Gasteiger partial charge in [0.1, 0.15) is 0 Å². The minimum atomic E-state index is -3.53. The monoisotopic (exact) mass is 273 g/mol. The molecule has 18 heavy (non-hydrogen) atoms. The van der Waals surface area contributed by atoms with Gasteiger partial charge in [-0.3, -0.25) is 5.10 Å². The molecule has 1 unspecified atom stereocenters. The SMILES string of the molecule is CN1CCC(CNS(=O)(=O)c2[nH]ncc2CN)C1. The third-order valence-electron chi connectivity index (χ3n) is 3.22. The number of aromatic nitrogens is 2. The van der Waals surface area contributed by atoms with Crippen LogP contribution in [0.3, 0.4) is 0 Å². The number of hydrogen-bond acceptors (Lipinski definition) is 5. The van der Waals surface area contributed by atoms with E-state index in [9.17, 15) is 8.42 Å². The van der Waals surface area contributed by atoms with Crippen LogP contribution in [0.2, 0.25) is 0 Å². The quantitative estimate of drug-likeness (QED) is 0.645. The highest BCUT2D eigenvalue weighted by molar-refractivity contribution is 7.89. The zero-order valence-electron chi connectivity index (χ0n) is 10.4. The Kier molecular flexibility index (Phi) is 4.00. The van der Waals surface area contributed by atoms with Gasteiger partial charge in [-0.25, -0.2) is 13.1 Å². The predicted molar refractivity (Wildman–Crippen MR) is 67.3 cm³/mol. The predicted octanol–water partition coefficient (Wildman–Crippen LogP) is -0.902. The first-order chi connectivity index (χ1) is 8.53. The largest absolute Gasteiger partial charge is 0.326 e. The molecule has 0 saturated carbocycles. The summed E-state index contributed by atoms with van der Waals surface area (Å²) < 4.78 is 26.7. The van der Waals surface area contributed by atoms with E-state index in [2.05, 4.69) is 19.8 Å². The zero-order chi connectivity index (χ0) is 13.2. The smallest absolute Gasteiger partial charge is 0.257 e. The second-order valence-corrected chi connectivity index (χ2v) is 6.40. The summed E-state index contributed by atoms with van der Waals surface area (Å²) in [5.41, 5.74) is 5.97. The number of nitrogens with two attached hydrogens (primary N) is 1. The van der Waals surface area contributed by atoms with Crippen LogP contribution < -0.4 is 10.5 Å². The second-order valence-electron chi connectivity index (χ2n) is 4.70. The Bertz CT molecular complexity index is 498. The first-order valence-electron chi connectivity index (χ1n) is 5.93. The van der Waals surface area contributed by atoms with Crippen LogP contribution in [0.1, 0.15) is 12.0 Å². The molecule has 1 aliphatic rings. The third kappa shape index (κ3) is 2.89. The molecule has 102 valence electrons. The van der Waals surface area contributed by atoms with E-state index in [1.165, 1.54) is 6.20 Å². The molecule has 1 aromatic rings. The van der Waals surface area contributed by atoms with Gasteiger partial charge < -0.3 is 10.6 Å². The molecule has 0 radical (unpaired) electrons. The Labute approximate surface area is 107 Å². The second kappa shape index (κ2) is 5.35. The van der Waals surface area contributed by atoms with Crippen LogP contribution in [0.15, 0.2) is 11.2 Å². The van der Waals surface area contributed by atoms with E-state index in [1.54, 1.807) is 0 Å². The molecule has 0 bridgehead atoms. The molecule has 0 aromatic carbocycles. The Morgan fingerprint density at radius 2 is 2.44 bits per heavy atom. The average molecular weight is 273 g/mol. The molecule has 4 N–H and O–H groups in total. The van der Waals surface area contributed by atoms with Gasteiger partial charge in [0.2, 0.25) is 0 Å². The first-order valence-corrected chi connectivity index (χ1v) is 7.41. The number of nitrogens with one attached hydrogen (secondary N) is 2. The van der Waals surface area contributed by atoms with Crippen molar-refractivity contribution in [1.82, 2.24) is 19.8 Å².